The zero-order chi connectivity index (χ0) is 10.4. The van der Waals surface area contributed by atoms with E-state index < -0.39 is 0 Å². The van der Waals surface area contributed by atoms with E-state index in [-0.39, 0.29) is 5.78 Å². The Balaban J connectivity index is 2.33. The molecule has 1 aromatic rings. The molecule has 0 unspecified atom stereocenters. The van der Waals surface area contributed by atoms with Crippen LogP contribution in [0.2, 0.25) is 0 Å². The normalized spacial score (nSPS) is 10.4. The van der Waals surface area contributed by atoms with Gasteiger partial charge >= 0.3 is 0 Å². The molecule has 0 atom stereocenters. The summed E-state index contributed by atoms with van der Waals surface area (Å²) in [7, 11) is 0. The highest BCUT2D eigenvalue weighted by Gasteiger charge is 2.04. The summed E-state index contributed by atoms with van der Waals surface area (Å²) in [6.07, 6.45) is 6.53. The number of aromatic nitrogens is 3. The SMILES string of the molecule is CCCCCCn1cc(C(C)=O)nn1. The molecular formula is C10H17N3O. The maximum atomic E-state index is 10.9. The molecule has 0 saturated heterocycles. The van der Waals surface area contributed by atoms with E-state index in [2.05, 4.69) is 17.2 Å². The Bertz CT molecular complexity index is 293. The molecule has 4 nitrogen and oxygen atoms in total. The predicted molar refractivity (Wildman–Crippen MR) is 54.2 cm³/mol. The molecule has 0 aromatic carbocycles. The summed E-state index contributed by atoms with van der Waals surface area (Å²) < 4.78 is 1.74. The van der Waals surface area contributed by atoms with E-state index in [1.54, 1.807) is 10.9 Å². The first kappa shape index (κ1) is 10.9. The van der Waals surface area contributed by atoms with Crippen LogP contribution in [-0.4, -0.2) is 20.8 Å². The molecule has 0 N–H and O–H groups in total. The third kappa shape index (κ3) is 3.28. The van der Waals surface area contributed by atoms with Crippen molar-refractivity contribution in [2.24, 2.45) is 0 Å². The van der Waals surface area contributed by atoms with Gasteiger partial charge in [0.1, 0.15) is 5.69 Å². The van der Waals surface area contributed by atoms with Gasteiger partial charge in [0, 0.05) is 13.5 Å². The Kier molecular flexibility index (Phi) is 4.29. The number of hydrogen-bond acceptors (Lipinski definition) is 3. The molecule has 78 valence electrons. The fourth-order valence-electron chi connectivity index (χ4n) is 1.27. The Hall–Kier alpha value is -1.19. The van der Waals surface area contributed by atoms with Crippen molar-refractivity contribution in [3.8, 4) is 0 Å². The summed E-state index contributed by atoms with van der Waals surface area (Å²) in [6, 6.07) is 0. The lowest BCUT2D eigenvalue weighted by Crippen LogP contribution is -1.98. The number of nitrogens with zero attached hydrogens (tertiary/aromatic N) is 3. The molecule has 0 aliphatic rings. The van der Waals surface area contributed by atoms with Gasteiger partial charge in [0.25, 0.3) is 0 Å². The zero-order valence-electron chi connectivity index (χ0n) is 8.86. The molecule has 0 amide bonds. The lowest BCUT2D eigenvalue weighted by molar-refractivity contribution is 0.101. The maximum absolute atomic E-state index is 10.9. The van der Waals surface area contributed by atoms with Crippen molar-refractivity contribution in [1.82, 2.24) is 15.0 Å². The van der Waals surface area contributed by atoms with Crippen molar-refractivity contribution in [2.75, 3.05) is 0 Å². The minimum absolute atomic E-state index is 0.0233. The lowest BCUT2D eigenvalue weighted by atomic mass is 10.2. The molecule has 1 aromatic heterocycles. The number of aryl methyl sites for hydroxylation is 1. The fraction of sp³-hybridized carbons (Fsp3) is 0.700. The van der Waals surface area contributed by atoms with Crippen molar-refractivity contribution in [3.63, 3.8) is 0 Å². The van der Waals surface area contributed by atoms with E-state index in [4.69, 9.17) is 0 Å². The average molecular weight is 195 g/mol. The van der Waals surface area contributed by atoms with Gasteiger partial charge in [-0.3, -0.25) is 9.48 Å². The number of hydrogen-bond donors (Lipinski definition) is 0. The van der Waals surface area contributed by atoms with E-state index >= 15 is 0 Å². The Morgan fingerprint density at radius 1 is 1.43 bits per heavy atom. The van der Waals surface area contributed by atoms with Crippen LogP contribution in [0.15, 0.2) is 6.20 Å². The monoisotopic (exact) mass is 195 g/mol. The third-order valence-corrected chi connectivity index (χ3v) is 2.14. The molecule has 0 saturated carbocycles. The molecule has 1 heterocycles. The van der Waals surface area contributed by atoms with Crippen LogP contribution < -0.4 is 0 Å². The lowest BCUT2D eigenvalue weighted by Gasteiger charge is -1.98. The zero-order valence-corrected chi connectivity index (χ0v) is 8.86. The first-order valence-corrected chi connectivity index (χ1v) is 5.15. The van der Waals surface area contributed by atoms with Gasteiger partial charge in [-0.2, -0.15) is 0 Å². The van der Waals surface area contributed by atoms with Gasteiger partial charge in [-0.1, -0.05) is 31.4 Å². The molecule has 1 rings (SSSR count). The minimum atomic E-state index is -0.0233. The highest BCUT2D eigenvalue weighted by molar-refractivity contribution is 5.91. The molecule has 0 aliphatic heterocycles. The number of unbranched alkanes of at least 4 members (excludes halogenated alkanes) is 3. The maximum Gasteiger partial charge on any atom is 0.181 e. The molecule has 0 spiro atoms. The van der Waals surface area contributed by atoms with E-state index in [1.165, 1.54) is 26.2 Å². The van der Waals surface area contributed by atoms with E-state index in [0.717, 1.165) is 13.0 Å². The van der Waals surface area contributed by atoms with Crippen LogP contribution in [0.25, 0.3) is 0 Å². The third-order valence-electron chi connectivity index (χ3n) is 2.14. The molecule has 4 heteroatoms. The molecule has 0 aliphatic carbocycles. The minimum Gasteiger partial charge on any atom is -0.293 e. The number of ketones is 1. The van der Waals surface area contributed by atoms with Gasteiger partial charge in [-0.05, 0) is 6.42 Å². The van der Waals surface area contributed by atoms with Crippen LogP contribution in [0.4, 0.5) is 0 Å². The summed E-state index contributed by atoms with van der Waals surface area (Å²) >= 11 is 0. The van der Waals surface area contributed by atoms with Crippen LogP contribution >= 0.6 is 0 Å². The second kappa shape index (κ2) is 5.52. The molecule has 0 fully saturated rings. The van der Waals surface area contributed by atoms with Crippen molar-refractivity contribution in [1.29, 1.82) is 0 Å². The highest BCUT2D eigenvalue weighted by Crippen LogP contribution is 2.01. The van der Waals surface area contributed by atoms with Crippen LogP contribution in [0, 0.1) is 0 Å². The van der Waals surface area contributed by atoms with Crippen LogP contribution in [0.1, 0.15) is 50.0 Å². The van der Waals surface area contributed by atoms with Crippen LogP contribution in [0.3, 0.4) is 0 Å². The summed E-state index contributed by atoms with van der Waals surface area (Å²) in [5, 5.41) is 7.66. The quantitative estimate of drug-likeness (QED) is 0.515. The van der Waals surface area contributed by atoms with Gasteiger partial charge in [0.2, 0.25) is 0 Å². The smallest absolute Gasteiger partial charge is 0.181 e. The molecule has 14 heavy (non-hydrogen) atoms. The standard InChI is InChI=1S/C10H17N3O/c1-3-4-5-6-7-13-8-10(9(2)14)11-12-13/h8H,3-7H2,1-2H3. The number of carbonyl (C=O) groups is 1. The topological polar surface area (TPSA) is 47.8 Å². The number of rotatable bonds is 6. The first-order valence-electron chi connectivity index (χ1n) is 5.15. The van der Waals surface area contributed by atoms with Gasteiger partial charge in [0.15, 0.2) is 5.78 Å². The second-order valence-corrected chi connectivity index (χ2v) is 3.48. The molecular weight excluding hydrogens is 178 g/mol. The van der Waals surface area contributed by atoms with Crippen LogP contribution in [-0.2, 0) is 6.54 Å². The fourth-order valence-corrected chi connectivity index (χ4v) is 1.27. The molecule has 0 radical (unpaired) electrons. The van der Waals surface area contributed by atoms with Gasteiger partial charge in [-0.15, -0.1) is 5.10 Å². The van der Waals surface area contributed by atoms with Crippen LogP contribution in [0.5, 0.6) is 0 Å². The summed E-state index contributed by atoms with van der Waals surface area (Å²) in [4.78, 5) is 10.9. The van der Waals surface area contributed by atoms with Gasteiger partial charge < -0.3 is 0 Å². The largest absolute Gasteiger partial charge is 0.293 e. The van der Waals surface area contributed by atoms with Gasteiger partial charge in [-0.25, -0.2) is 0 Å². The van der Waals surface area contributed by atoms with E-state index in [1.807, 2.05) is 0 Å². The Morgan fingerprint density at radius 3 is 2.79 bits per heavy atom. The first-order chi connectivity index (χ1) is 6.74. The number of carbonyl (C=O) groups excluding carboxylic acids is 1. The second-order valence-electron chi connectivity index (χ2n) is 3.48. The average Bonchev–Trinajstić information content (AvgIpc) is 2.61. The van der Waals surface area contributed by atoms with E-state index in [9.17, 15) is 4.79 Å². The summed E-state index contributed by atoms with van der Waals surface area (Å²) in [6.45, 7) is 4.55. The van der Waals surface area contributed by atoms with Crippen molar-refractivity contribution in [3.05, 3.63) is 11.9 Å². The Labute approximate surface area is 84.3 Å². The summed E-state index contributed by atoms with van der Waals surface area (Å²) in [5.41, 5.74) is 0.459. The molecule has 0 bridgehead atoms. The highest BCUT2D eigenvalue weighted by atomic mass is 16.1. The van der Waals surface area contributed by atoms with Crippen molar-refractivity contribution in [2.45, 2.75) is 46.1 Å². The number of Topliss-reactive ketones (excluding diaryl/α,β-unsaturated/α-hetero) is 1. The van der Waals surface area contributed by atoms with Crippen molar-refractivity contribution >= 4 is 5.78 Å². The predicted octanol–water partition coefficient (Wildman–Crippen LogP) is 2.06. The van der Waals surface area contributed by atoms with Crippen molar-refractivity contribution < 1.29 is 4.79 Å². The summed E-state index contributed by atoms with van der Waals surface area (Å²) in [5.74, 6) is -0.0233. The van der Waals surface area contributed by atoms with Gasteiger partial charge in [0.05, 0.1) is 6.20 Å². The van der Waals surface area contributed by atoms with E-state index in [0.29, 0.717) is 5.69 Å². The Morgan fingerprint density at radius 2 is 2.21 bits per heavy atom.